The zero-order valence-electron chi connectivity index (χ0n) is 11.7. The summed E-state index contributed by atoms with van der Waals surface area (Å²) in [7, 11) is 4.45. The molecule has 0 aliphatic carbocycles. The lowest BCUT2D eigenvalue weighted by molar-refractivity contribution is -0.0478. The minimum absolute atomic E-state index is 0.117. The number of hydrogen-bond donors (Lipinski definition) is 2. The molecule has 0 atom stereocenters. The Morgan fingerprint density at radius 3 is 2.05 bits per heavy atom. The van der Waals surface area contributed by atoms with Gasteiger partial charge in [-0.3, -0.25) is 0 Å². The summed E-state index contributed by atoms with van der Waals surface area (Å²) in [6, 6.07) is 3.29. The van der Waals surface area contributed by atoms with Crippen molar-refractivity contribution in [3.63, 3.8) is 0 Å². The molecule has 0 saturated heterocycles. The normalized spacial score (nSPS) is 11.3. The molecular formula is C13H19F2NO4. The van der Waals surface area contributed by atoms with Crippen LogP contribution in [-0.4, -0.2) is 45.5 Å². The van der Waals surface area contributed by atoms with Crippen molar-refractivity contribution in [3.8, 4) is 17.2 Å². The molecule has 0 aliphatic rings. The van der Waals surface area contributed by atoms with Crippen LogP contribution in [0.5, 0.6) is 17.2 Å². The van der Waals surface area contributed by atoms with Crippen molar-refractivity contribution in [3.05, 3.63) is 17.7 Å². The van der Waals surface area contributed by atoms with E-state index in [1.54, 1.807) is 12.1 Å². The Morgan fingerprint density at radius 2 is 1.65 bits per heavy atom. The molecule has 114 valence electrons. The summed E-state index contributed by atoms with van der Waals surface area (Å²) in [4.78, 5) is 0. The van der Waals surface area contributed by atoms with E-state index in [9.17, 15) is 8.78 Å². The number of alkyl halides is 2. The van der Waals surface area contributed by atoms with E-state index >= 15 is 0 Å². The van der Waals surface area contributed by atoms with Gasteiger partial charge in [0.1, 0.15) is 23.9 Å². The Labute approximate surface area is 116 Å². The molecule has 2 N–H and O–H groups in total. The van der Waals surface area contributed by atoms with Crippen LogP contribution in [0.15, 0.2) is 12.1 Å². The minimum atomic E-state index is -3.16. The van der Waals surface area contributed by atoms with Gasteiger partial charge >= 0.3 is 0 Å². The predicted molar refractivity (Wildman–Crippen MR) is 69.8 cm³/mol. The highest BCUT2D eigenvalue weighted by molar-refractivity contribution is 5.50. The number of aliphatic hydroxyl groups excluding tert-OH is 1. The molecule has 0 heterocycles. The quantitative estimate of drug-likeness (QED) is 0.759. The molecular weight excluding hydrogens is 272 g/mol. The van der Waals surface area contributed by atoms with Gasteiger partial charge in [-0.1, -0.05) is 0 Å². The maximum Gasteiger partial charge on any atom is 0.282 e. The lowest BCUT2D eigenvalue weighted by Crippen LogP contribution is -2.35. The van der Waals surface area contributed by atoms with Gasteiger partial charge in [-0.15, -0.1) is 0 Å². The molecule has 1 aromatic carbocycles. The van der Waals surface area contributed by atoms with Crippen LogP contribution in [0.2, 0.25) is 0 Å². The van der Waals surface area contributed by atoms with Crippen LogP contribution in [0.3, 0.4) is 0 Å². The van der Waals surface area contributed by atoms with Gasteiger partial charge in [0.2, 0.25) is 0 Å². The molecule has 0 saturated carbocycles. The summed E-state index contributed by atoms with van der Waals surface area (Å²) in [6.07, 6.45) is 0. The lowest BCUT2D eigenvalue weighted by atomic mass is 10.1. The zero-order chi connectivity index (χ0) is 15.2. The van der Waals surface area contributed by atoms with Crippen LogP contribution >= 0.6 is 0 Å². The number of hydrogen-bond acceptors (Lipinski definition) is 5. The topological polar surface area (TPSA) is 60.0 Å². The standard InChI is InChI=1S/C13H19F2NO4/c1-18-9-4-11(19-2)10(12(5-9)20-3)6-16-7-13(14,15)8-17/h4-5,16-17H,6-8H2,1-3H3. The first-order valence-corrected chi connectivity index (χ1v) is 5.95. The Hall–Kier alpha value is -1.60. The maximum absolute atomic E-state index is 12.9. The first-order chi connectivity index (χ1) is 9.47. The smallest absolute Gasteiger partial charge is 0.282 e. The number of methoxy groups -OCH3 is 3. The van der Waals surface area contributed by atoms with Gasteiger partial charge in [-0.25, -0.2) is 8.78 Å². The monoisotopic (exact) mass is 291 g/mol. The van der Waals surface area contributed by atoms with E-state index < -0.39 is 19.1 Å². The van der Waals surface area contributed by atoms with Crippen LogP contribution in [0, 0.1) is 0 Å². The third kappa shape index (κ3) is 4.21. The lowest BCUT2D eigenvalue weighted by Gasteiger charge is -2.17. The molecule has 0 unspecified atom stereocenters. The summed E-state index contributed by atoms with van der Waals surface area (Å²) in [5.41, 5.74) is 0.601. The van der Waals surface area contributed by atoms with Gasteiger partial charge in [0, 0.05) is 18.7 Å². The van der Waals surface area contributed by atoms with Crippen molar-refractivity contribution in [1.82, 2.24) is 5.32 Å². The second-order valence-corrected chi connectivity index (χ2v) is 4.13. The molecule has 0 aliphatic heterocycles. The van der Waals surface area contributed by atoms with Gasteiger partial charge in [0.15, 0.2) is 0 Å². The van der Waals surface area contributed by atoms with Crippen molar-refractivity contribution >= 4 is 0 Å². The number of benzene rings is 1. The molecule has 7 heteroatoms. The molecule has 1 rings (SSSR count). The highest BCUT2D eigenvalue weighted by atomic mass is 19.3. The highest BCUT2D eigenvalue weighted by Gasteiger charge is 2.27. The molecule has 0 spiro atoms. The highest BCUT2D eigenvalue weighted by Crippen LogP contribution is 2.33. The molecule has 0 fully saturated rings. The summed E-state index contributed by atoms with van der Waals surface area (Å²) in [6.45, 7) is -1.72. The average molecular weight is 291 g/mol. The van der Waals surface area contributed by atoms with E-state index in [2.05, 4.69) is 5.32 Å². The molecule has 20 heavy (non-hydrogen) atoms. The third-order valence-electron chi connectivity index (χ3n) is 2.73. The molecule has 0 radical (unpaired) electrons. The van der Waals surface area contributed by atoms with Gasteiger partial charge in [0.05, 0.1) is 33.4 Å². The van der Waals surface area contributed by atoms with E-state index in [-0.39, 0.29) is 6.54 Å². The van der Waals surface area contributed by atoms with Crippen LogP contribution in [0.4, 0.5) is 8.78 Å². The van der Waals surface area contributed by atoms with Crippen LogP contribution in [-0.2, 0) is 6.54 Å². The minimum Gasteiger partial charge on any atom is -0.496 e. The third-order valence-corrected chi connectivity index (χ3v) is 2.73. The van der Waals surface area contributed by atoms with Crippen molar-refractivity contribution in [2.75, 3.05) is 34.5 Å². The largest absolute Gasteiger partial charge is 0.496 e. The van der Waals surface area contributed by atoms with Crippen molar-refractivity contribution in [2.45, 2.75) is 12.5 Å². The Kier molecular flexibility index (Phi) is 5.97. The molecule has 0 amide bonds. The fourth-order valence-electron chi connectivity index (χ4n) is 1.68. The summed E-state index contributed by atoms with van der Waals surface area (Å²) >= 11 is 0. The van der Waals surface area contributed by atoms with Crippen LogP contribution in [0.25, 0.3) is 0 Å². The van der Waals surface area contributed by atoms with Crippen LogP contribution in [0.1, 0.15) is 5.56 Å². The summed E-state index contributed by atoms with van der Waals surface area (Å²) in [5, 5.41) is 11.1. The van der Waals surface area contributed by atoms with Gasteiger partial charge in [-0.2, -0.15) is 0 Å². The molecule has 1 aromatic rings. The van der Waals surface area contributed by atoms with E-state index in [1.807, 2.05) is 0 Å². The summed E-state index contributed by atoms with van der Waals surface area (Å²) < 4.78 is 41.4. The number of nitrogens with one attached hydrogen (secondary N) is 1. The van der Waals surface area contributed by atoms with E-state index in [0.29, 0.717) is 22.8 Å². The van der Waals surface area contributed by atoms with Gasteiger partial charge < -0.3 is 24.6 Å². The number of aliphatic hydroxyl groups is 1. The summed E-state index contributed by atoms with van der Waals surface area (Å²) in [5.74, 6) is -1.67. The number of rotatable bonds is 8. The first-order valence-electron chi connectivity index (χ1n) is 5.95. The second kappa shape index (κ2) is 7.25. The fraction of sp³-hybridized carbons (Fsp3) is 0.538. The maximum atomic E-state index is 12.9. The molecule has 0 aromatic heterocycles. The van der Waals surface area contributed by atoms with Crippen LogP contribution < -0.4 is 19.5 Å². The Morgan fingerprint density at radius 1 is 1.10 bits per heavy atom. The SMILES string of the molecule is COc1cc(OC)c(CNCC(F)(F)CO)c(OC)c1. The van der Waals surface area contributed by atoms with Gasteiger partial charge in [-0.05, 0) is 0 Å². The van der Waals surface area contributed by atoms with E-state index in [4.69, 9.17) is 19.3 Å². The van der Waals surface area contributed by atoms with Crippen molar-refractivity contribution in [1.29, 1.82) is 0 Å². The predicted octanol–water partition coefficient (Wildman–Crippen LogP) is 1.43. The Bertz CT molecular complexity index is 415. The average Bonchev–Trinajstić information content (AvgIpc) is 2.46. The fourth-order valence-corrected chi connectivity index (χ4v) is 1.68. The van der Waals surface area contributed by atoms with E-state index in [1.165, 1.54) is 21.3 Å². The molecule has 5 nitrogen and oxygen atoms in total. The second-order valence-electron chi connectivity index (χ2n) is 4.13. The zero-order valence-corrected chi connectivity index (χ0v) is 11.7. The van der Waals surface area contributed by atoms with E-state index in [0.717, 1.165) is 0 Å². The van der Waals surface area contributed by atoms with Crippen molar-refractivity contribution in [2.24, 2.45) is 0 Å². The van der Waals surface area contributed by atoms with Crippen molar-refractivity contribution < 1.29 is 28.1 Å². The first kappa shape index (κ1) is 16.5. The number of ether oxygens (including phenoxy) is 3. The molecule has 0 bridgehead atoms. The Balaban J connectivity index is 2.87. The van der Waals surface area contributed by atoms with Gasteiger partial charge in [0.25, 0.3) is 5.92 Å². The number of halogens is 2.